The summed E-state index contributed by atoms with van der Waals surface area (Å²) in [5.41, 5.74) is 3.46. The number of benzene rings is 4. The molecule has 0 aliphatic heterocycles. The summed E-state index contributed by atoms with van der Waals surface area (Å²) in [4.78, 5) is 0.103. The first-order valence-corrected chi connectivity index (χ1v) is 36.8. The third kappa shape index (κ3) is 34.1. The van der Waals surface area contributed by atoms with Crippen LogP contribution in [0.25, 0.3) is 21.5 Å². The molecule has 456 valence electrons. The molecule has 0 N–H and O–H groups in total. The zero-order valence-electron chi connectivity index (χ0n) is 52.7. The van der Waals surface area contributed by atoms with Gasteiger partial charge in [0.05, 0.1) is 9.79 Å². The smallest absolute Gasteiger partial charge is 0.744 e. The Kier molecular flexibility index (Phi) is 45.8. The van der Waals surface area contributed by atoms with Crippen LogP contribution < -0.4 is 0 Å². The quantitative estimate of drug-likeness (QED) is 0.0247. The van der Waals surface area contributed by atoms with Gasteiger partial charge >= 0.3 is 48.9 Å². The molecule has 0 aliphatic carbocycles. The Hall–Kier alpha value is -1.21. The van der Waals surface area contributed by atoms with E-state index in [-0.39, 0.29) is 58.7 Å². The number of rotatable bonds is 50. The van der Waals surface area contributed by atoms with E-state index in [9.17, 15) is 25.9 Å². The molecular formula is C72H118BaO6S2. The van der Waals surface area contributed by atoms with Crippen LogP contribution >= 0.6 is 0 Å². The second kappa shape index (κ2) is 48.9. The van der Waals surface area contributed by atoms with Crippen molar-refractivity contribution in [1.82, 2.24) is 0 Å². The van der Waals surface area contributed by atoms with Crippen LogP contribution in [-0.2, 0) is 45.9 Å². The summed E-state index contributed by atoms with van der Waals surface area (Å²) in [6.45, 7) is 9.04. The van der Waals surface area contributed by atoms with Crippen molar-refractivity contribution in [2.75, 3.05) is 0 Å². The first-order chi connectivity index (χ1) is 39.0. The maximum atomic E-state index is 12.5. The van der Waals surface area contributed by atoms with Crippen LogP contribution in [-0.4, -0.2) is 74.8 Å². The van der Waals surface area contributed by atoms with Crippen molar-refractivity contribution in [3.8, 4) is 0 Å². The number of unbranched alkanes of at least 4 members (excludes halogenated alkanes) is 40. The molecule has 0 aromatic heterocycles. The van der Waals surface area contributed by atoms with Crippen LogP contribution in [0.3, 0.4) is 0 Å². The summed E-state index contributed by atoms with van der Waals surface area (Å²) in [5, 5.41) is 3.12. The molecule has 0 radical (unpaired) electrons. The van der Waals surface area contributed by atoms with Crippen molar-refractivity contribution >= 4 is 90.7 Å². The number of fused-ring (bicyclic) bond motifs is 2. The minimum atomic E-state index is -4.55. The molecule has 0 spiro atoms. The van der Waals surface area contributed by atoms with Crippen LogP contribution in [0.2, 0.25) is 0 Å². The van der Waals surface area contributed by atoms with E-state index < -0.39 is 20.2 Å². The summed E-state index contributed by atoms with van der Waals surface area (Å²) >= 11 is 0. The van der Waals surface area contributed by atoms with E-state index in [2.05, 4.69) is 27.7 Å². The minimum absolute atomic E-state index is 0. The van der Waals surface area contributed by atoms with E-state index in [0.29, 0.717) is 34.7 Å². The van der Waals surface area contributed by atoms with Crippen molar-refractivity contribution in [2.24, 2.45) is 0 Å². The summed E-state index contributed by atoms with van der Waals surface area (Å²) < 4.78 is 75.2. The monoisotopic (exact) mass is 1280 g/mol. The molecule has 0 saturated carbocycles. The first-order valence-electron chi connectivity index (χ1n) is 34.0. The Labute approximate surface area is 540 Å². The maximum Gasteiger partial charge on any atom is 2.00 e. The fourth-order valence-electron chi connectivity index (χ4n) is 12.2. The van der Waals surface area contributed by atoms with Gasteiger partial charge in [-0.3, -0.25) is 0 Å². The molecule has 4 aromatic rings. The standard InChI is InChI=1S/2C36H60O3S.Ba/c2*1-3-5-7-9-11-13-15-17-19-21-23-26-32-28-25-29-33-30-31-34(36(35(32)33)40(37,38)39)27-24-22-20-18-16-14-12-10-8-6-4-2;/h2*25,28-31H,3-24,26-27H2,1-2H3,(H,37,38,39);/q;;+2/p-2. The molecule has 6 nitrogen and oxygen atoms in total. The zero-order valence-corrected chi connectivity index (χ0v) is 58.8. The topological polar surface area (TPSA) is 114 Å². The van der Waals surface area contributed by atoms with Gasteiger partial charge in [-0.15, -0.1) is 0 Å². The van der Waals surface area contributed by atoms with E-state index in [1.165, 1.54) is 231 Å². The Bertz CT molecular complexity index is 2230. The van der Waals surface area contributed by atoms with Crippen molar-refractivity contribution < 1.29 is 25.9 Å². The molecule has 0 fully saturated rings. The predicted molar refractivity (Wildman–Crippen MR) is 350 cm³/mol. The molecule has 0 bridgehead atoms. The van der Waals surface area contributed by atoms with Crippen LogP contribution in [0.1, 0.15) is 332 Å². The fraction of sp³-hybridized carbons (Fsp3) is 0.722. The molecule has 0 atom stereocenters. The summed E-state index contributed by atoms with van der Waals surface area (Å²) in [6.07, 6.45) is 59.0. The normalized spacial score (nSPS) is 11.8. The average Bonchev–Trinajstić information content (AvgIpc) is 3.44. The first kappa shape index (κ1) is 75.9. The summed E-state index contributed by atoms with van der Waals surface area (Å²) in [7, 11) is -9.10. The molecule has 0 unspecified atom stereocenters. The molecule has 81 heavy (non-hydrogen) atoms. The SMILES string of the molecule is CCCCCCCCCCCCCc1ccc2cccc(CCCCCCCCCCCCC)c2c1S(=O)(=O)[O-].CCCCCCCCCCCCCc1ccc2cccc(CCCCCCCCCCCCC)c2c1S(=O)(=O)[O-].[Ba+2]. The molecular weight excluding hydrogens is 1160 g/mol. The van der Waals surface area contributed by atoms with E-state index in [0.717, 1.165) is 86.1 Å². The fourth-order valence-corrected chi connectivity index (χ4v) is 14.2. The molecule has 0 heterocycles. The van der Waals surface area contributed by atoms with Gasteiger partial charge in [0.25, 0.3) is 0 Å². The number of hydrogen-bond acceptors (Lipinski definition) is 6. The molecule has 4 aromatic carbocycles. The Morgan fingerprint density at radius 1 is 0.259 bits per heavy atom. The third-order valence-electron chi connectivity index (χ3n) is 17.0. The minimum Gasteiger partial charge on any atom is -0.744 e. The predicted octanol–water partition coefficient (Wildman–Crippen LogP) is 22.5. The van der Waals surface area contributed by atoms with E-state index in [1.807, 2.05) is 60.7 Å². The van der Waals surface area contributed by atoms with Crippen LogP contribution in [0, 0.1) is 0 Å². The molecule has 4 rings (SSSR count). The van der Waals surface area contributed by atoms with Crippen LogP contribution in [0.4, 0.5) is 0 Å². The largest absolute Gasteiger partial charge is 2.00 e. The van der Waals surface area contributed by atoms with E-state index >= 15 is 0 Å². The second-order valence-electron chi connectivity index (χ2n) is 24.2. The van der Waals surface area contributed by atoms with Crippen LogP contribution in [0.5, 0.6) is 0 Å². The maximum absolute atomic E-state index is 12.5. The van der Waals surface area contributed by atoms with Crippen LogP contribution in [0.15, 0.2) is 70.5 Å². The van der Waals surface area contributed by atoms with Crippen molar-refractivity contribution in [3.05, 3.63) is 82.9 Å². The van der Waals surface area contributed by atoms with Gasteiger partial charge in [-0.2, -0.15) is 0 Å². The van der Waals surface area contributed by atoms with Gasteiger partial charge in [-0.25, -0.2) is 16.8 Å². The summed E-state index contributed by atoms with van der Waals surface area (Å²) in [5.74, 6) is 0. The van der Waals surface area contributed by atoms with Gasteiger partial charge in [0, 0.05) is 10.8 Å². The second-order valence-corrected chi connectivity index (χ2v) is 26.8. The van der Waals surface area contributed by atoms with Gasteiger partial charge in [-0.05, 0) is 84.4 Å². The Morgan fingerprint density at radius 2 is 0.457 bits per heavy atom. The van der Waals surface area contributed by atoms with Gasteiger partial charge in [0.15, 0.2) is 0 Å². The van der Waals surface area contributed by atoms with Crippen molar-refractivity contribution in [1.29, 1.82) is 0 Å². The number of hydrogen-bond donors (Lipinski definition) is 0. The number of aryl methyl sites for hydroxylation is 4. The van der Waals surface area contributed by atoms with E-state index in [1.54, 1.807) is 0 Å². The van der Waals surface area contributed by atoms with Gasteiger partial charge in [0.2, 0.25) is 0 Å². The van der Waals surface area contributed by atoms with Gasteiger partial charge in [0.1, 0.15) is 20.2 Å². The Morgan fingerprint density at radius 3 is 0.667 bits per heavy atom. The average molecular weight is 1280 g/mol. The van der Waals surface area contributed by atoms with Gasteiger partial charge < -0.3 is 9.11 Å². The third-order valence-corrected chi connectivity index (χ3v) is 19.0. The summed E-state index contributed by atoms with van der Waals surface area (Å²) in [6, 6.07) is 19.7. The van der Waals surface area contributed by atoms with Crippen molar-refractivity contribution in [3.63, 3.8) is 0 Å². The van der Waals surface area contributed by atoms with Gasteiger partial charge in [-0.1, -0.05) is 345 Å². The Balaban J connectivity index is 0.000000547. The molecule has 0 amide bonds. The van der Waals surface area contributed by atoms with Crippen molar-refractivity contribution in [2.45, 2.75) is 346 Å². The molecule has 0 aliphatic rings. The zero-order chi connectivity index (χ0) is 57.8. The van der Waals surface area contributed by atoms with E-state index in [4.69, 9.17) is 0 Å². The molecule has 9 heteroatoms. The molecule has 0 saturated heterocycles.